The average molecular weight is 255 g/mol. The van der Waals surface area contributed by atoms with Gasteiger partial charge in [-0.1, -0.05) is 28.1 Å². The van der Waals surface area contributed by atoms with E-state index < -0.39 is 0 Å². The van der Waals surface area contributed by atoms with Crippen molar-refractivity contribution in [1.29, 1.82) is 0 Å². The minimum absolute atomic E-state index is 0.750. The standard InChI is InChI=1S/C11H15BrN2/c12-11-3-1-2-9-4-6-14(7-5-13)8-10(9)11/h1-3H,4-8,13H2. The van der Waals surface area contributed by atoms with Crippen LogP contribution in [0.25, 0.3) is 0 Å². The van der Waals surface area contributed by atoms with Crippen molar-refractivity contribution in [1.82, 2.24) is 4.90 Å². The van der Waals surface area contributed by atoms with Gasteiger partial charge in [0.15, 0.2) is 0 Å². The molecule has 2 rings (SSSR count). The molecule has 1 aliphatic heterocycles. The van der Waals surface area contributed by atoms with Crippen LogP contribution >= 0.6 is 15.9 Å². The Bertz CT molecular complexity index is 325. The molecule has 0 atom stereocenters. The molecule has 76 valence electrons. The van der Waals surface area contributed by atoms with E-state index in [1.165, 1.54) is 15.6 Å². The summed E-state index contributed by atoms with van der Waals surface area (Å²) in [6, 6.07) is 6.45. The van der Waals surface area contributed by atoms with Gasteiger partial charge in [0.05, 0.1) is 0 Å². The summed E-state index contributed by atoms with van der Waals surface area (Å²) in [5.74, 6) is 0. The molecule has 2 nitrogen and oxygen atoms in total. The van der Waals surface area contributed by atoms with Crippen molar-refractivity contribution in [2.75, 3.05) is 19.6 Å². The number of halogens is 1. The lowest BCUT2D eigenvalue weighted by Crippen LogP contribution is -2.34. The summed E-state index contributed by atoms with van der Waals surface area (Å²) in [5.41, 5.74) is 8.48. The molecule has 1 aromatic carbocycles. The molecule has 0 aliphatic carbocycles. The molecular weight excluding hydrogens is 240 g/mol. The Morgan fingerprint density at radius 2 is 2.29 bits per heavy atom. The fourth-order valence-corrected chi connectivity index (χ4v) is 2.50. The van der Waals surface area contributed by atoms with Crippen LogP contribution in [-0.4, -0.2) is 24.5 Å². The van der Waals surface area contributed by atoms with E-state index in [9.17, 15) is 0 Å². The number of nitrogens with zero attached hydrogens (tertiary/aromatic N) is 1. The maximum Gasteiger partial charge on any atom is 0.0248 e. The molecule has 0 fully saturated rings. The van der Waals surface area contributed by atoms with E-state index in [4.69, 9.17) is 5.73 Å². The number of rotatable bonds is 2. The number of benzene rings is 1. The van der Waals surface area contributed by atoms with Gasteiger partial charge in [0.2, 0.25) is 0 Å². The topological polar surface area (TPSA) is 29.3 Å². The molecule has 1 aliphatic rings. The highest BCUT2D eigenvalue weighted by molar-refractivity contribution is 9.10. The largest absolute Gasteiger partial charge is 0.329 e. The predicted octanol–water partition coefficient (Wildman–Crippen LogP) is 1.77. The number of hydrogen-bond donors (Lipinski definition) is 1. The van der Waals surface area contributed by atoms with Gasteiger partial charge in [-0.2, -0.15) is 0 Å². The monoisotopic (exact) mass is 254 g/mol. The van der Waals surface area contributed by atoms with Crippen molar-refractivity contribution >= 4 is 15.9 Å². The summed E-state index contributed by atoms with van der Waals surface area (Å²) >= 11 is 3.60. The van der Waals surface area contributed by atoms with Crippen molar-refractivity contribution in [3.63, 3.8) is 0 Å². The van der Waals surface area contributed by atoms with Crippen molar-refractivity contribution < 1.29 is 0 Å². The molecule has 0 radical (unpaired) electrons. The highest BCUT2D eigenvalue weighted by Gasteiger charge is 2.16. The lowest BCUT2D eigenvalue weighted by atomic mass is 10.00. The minimum Gasteiger partial charge on any atom is -0.329 e. The summed E-state index contributed by atoms with van der Waals surface area (Å²) in [4.78, 5) is 2.41. The summed E-state index contributed by atoms with van der Waals surface area (Å²) in [6.45, 7) is 3.93. The lowest BCUT2D eigenvalue weighted by Gasteiger charge is -2.28. The molecule has 0 saturated heterocycles. The van der Waals surface area contributed by atoms with Gasteiger partial charge < -0.3 is 5.73 Å². The average Bonchev–Trinajstić information content (AvgIpc) is 2.20. The summed E-state index contributed by atoms with van der Waals surface area (Å²) in [5, 5.41) is 0. The molecule has 1 heterocycles. The molecule has 14 heavy (non-hydrogen) atoms. The third-order valence-corrected chi connectivity index (χ3v) is 3.48. The fraction of sp³-hybridized carbons (Fsp3) is 0.455. The molecule has 3 heteroatoms. The first-order valence-electron chi connectivity index (χ1n) is 5.00. The van der Waals surface area contributed by atoms with E-state index in [-0.39, 0.29) is 0 Å². The third-order valence-electron chi connectivity index (χ3n) is 2.74. The summed E-state index contributed by atoms with van der Waals surface area (Å²) in [7, 11) is 0. The van der Waals surface area contributed by atoms with Crippen molar-refractivity contribution in [2.24, 2.45) is 5.73 Å². The smallest absolute Gasteiger partial charge is 0.0248 e. The zero-order valence-corrected chi connectivity index (χ0v) is 9.76. The van der Waals surface area contributed by atoms with Crippen LogP contribution in [0.15, 0.2) is 22.7 Å². The highest BCUT2D eigenvalue weighted by atomic mass is 79.9. The maximum absolute atomic E-state index is 5.56. The van der Waals surface area contributed by atoms with E-state index >= 15 is 0 Å². The second-order valence-corrected chi connectivity index (χ2v) is 4.55. The van der Waals surface area contributed by atoms with E-state index in [0.717, 1.165) is 32.6 Å². The fourth-order valence-electron chi connectivity index (χ4n) is 1.97. The summed E-state index contributed by atoms with van der Waals surface area (Å²) < 4.78 is 1.23. The van der Waals surface area contributed by atoms with Crippen molar-refractivity contribution in [3.05, 3.63) is 33.8 Å². The zero-order valence-electron chi connectivity index (χ0n) is 8.17. The molecule has 0 amide bonds. The van der Waals surface area contributed by atoms with Crippen LogP contribution in [0, 0.1) is 0 Å². The Morgan fingerprint density at radius 3 is 3.07 bits per heavy atom. The van der Waals surface area contributed by atoms with Gasteiger partial charge in [0.25, 0.3) is 0 Å². The number of nitrogens with two attached hydrogens (primary N) is 1. The Kier molecular flexibility index (Phi) is 3.21. The first-order chi connectivity index (χ1) is 6.81. The van der Waals surface area contributed by atoms with Gasteiger partial charge in [0.1, 0.15) is 0 Å². The second kappa shape index (κ2) is 4.43. The van der Waals surface area contributed by atoms with E-state index in [1.807, 2.05) is 0 Å². The van der Waals surface area contributed by atoms with Crippen LogP contribution in [0.4, 0.5) is 0 Å². The Labute approximate surface area is 93.2 Å². The summed E-state index contributed by atoms with van der Waals surface area (Å²) in [6.07, 6.45) is 1.15. The zero-order chi connectivity index (χ0) is 9.97. The quantitative estimate of drug-likeness (QED) is 0.872. The Balaban J connectivity index is 2.20. The molecule has 1 aromatic rings. The van der Waals surface area contributed by atoms with E-state index in [0.29, 0.717) is 0 Å². The Hall–Kier alpha value is -0.380. The van der Waals surface area contributed by atoms with Gasteiger partial charge in [-0.15, -0.1) is 0 Å². The second-order valence-electron chi connectivity index (χ2n) is 3.69. The van der Waals surface area contributed by atoms with Gasteiger partial charge in [-0.3, -0.25) is 4.90 Å². The van der Waals surface area contributed by atoms with E-state index in [2.05, 4.69) is 39.0 Å². The van der Waals surface area contributed by atoms with Crippen LogP contribution in [-0.2, 0) is 13.0 Å². The van der Waals surface area contributed by atoms with Crippen LogP contribution in [0.5, 0.6) is 0 Å². The Morgan fingerprint density at radius 1 is 1.43 bits per heavy atom. The third kappa shape index (κ3) is 2.00. The first kappa shape index (κ1) is 10.1. The maximum atomic E-state index is 5.56. The van der Waals surface area contributed by atoms with Crippen molar-refractivity contribution in [2.45, 2.75) is 13.0 Å². The highest BCUT2D eigenvalue weighted by Crippen LogP contribution is 2.25. The number of fused-ring (bicyclic) bond motifs is 1. The molecule has 0 saturated carbocycles. The van der Waals surface area contributed by atoms with Gasteiger partial charge in [-0.25, -0.2) is 0 Å². The SMILES string of the molecule is NCCN1CCc2cccc(Br)c2C1. The first-order valence-corrected chi connectivity index (χ1v) is 5.79. The molecule has 0 aromatic heterocycles. The van der Waals surface area contributed by atoms with Crippen molar-refractivity contribution in [3.8, 4) is 0 Å². The molecule has 0 unspecified atom stereocenters. The molecule has 2 N–H and O–H groups in total. The van der Waals surface area contributed by atoms with Gasteiger partial charge in [0, 0.05) is 30.7 Å². The van der Waals surface area contributed by atoms with Crippen LogP contribution in [0.1, 0.15) is 11.1 Å². The van der Waals surface area contributed by atoms with Crippen LogP contribution in [0.2, 0.25) is 0 Å². The normalized spacial score (nSPS) is 16.7. The molecule has 0 spiro atoms. The van der Waals surface area contributed by atoms with Gasteiger partial charge in [-0.05, 0) is 23.6 Å². The molecular formula is C11H15BrN2. The lowest BCUT2D eigenvalue weighted by molar-refractivity contribution is 0.261. The number of hydrogen-bond acceptors (Lipinski definition) is 2. The molecule has 0 bridgehead atoms. The predicted molar refractivity (Wildman–Crippen MR) is 62.2 cm³/mol. The van der Waals surface area contributed by atoms with Crippen LogP contribution < -0.4 is 5.73 Å². The minimum atomic E-state index is 0.750. The van der Waals surface area contributed by atoms with E-state index in [1.54, 1.807) is 0 Å². The van der Waals surface area contributed by atoms with Crippen LogP contribution in [0.3, 0.4) is 0 Å². The van der Waals surface area contributed by atoms with Gasteiger partial charge >= 0.3 is 0 Å².